The number of piperidine rings is 1. The molecule has 2 N–H and O–H groups in total. The lowest BCUT2D eigenvalue weighted by atomic mass is 9.93. The zero-order valence-electron chi connectivity index (χ0n) is 11.1. The number of nitrogens with two attached hydrogens (primary N) is 1. The van der Waals surface area contributed by atoms with Crippen LogP contribution in [0.15, 0.2) is 18.5 Å². The van der Waals surface area contributed by atoms with Crippen molar-refractivity contribution in [3.05, 3.63) is 18.5 Å². The van der Waals surface area contributed by atoms with Crippen molar-refractivity contribution in [3.63, 3.8) is 0 Å². The summed E-state index contributed by atoms with van der Waals surface area (Å²) in [4.78, 5) is 14.5. The SMILES string of the molecule is CC1CCC(CN)CN1C(=O)C(C)n1cccn1. The molecule has 1 fully saturated rings. The van der Waals surface area contributed by atoms with Gasteiger partial charge in [0.25, 0.3) is 0 Å². The molecule has 2 heterocycles. The van der Waals surface area contributed by atoms with Crippen molar-refractivity contribution in [3.8, 4) is 0 Å². The number of aromatic nitrogens is 2. The zero-order valence-corrected chi connectivity index (χ0v) is 11.1. The van der Waals surface area contributed by atoms with Crippen LogP contribution in [0.3, 0.4) is 0 Å². The summed E-state index contributed by atoms with van der Waals surface area (Å²) in [7, 11) is 0. The number of hydrogen-bond donors (Lipinski definition) is 1. The van der Waals surface area contributed by atoms with Gasteiger partial charge in [-0.3, -0.25) is 9.48 Å². The van der Waals surface area contributed by atoms with Crippen LogP contribution >= 0.6 is 0 Å². The minimum absolute atomic E-state index is 0.143. The summed E-state index contributed by atoms with van der Waals surface area (Å²) < 4.78 is 1.71. The molecule has 0 spiro atoms. The molecule has 1 amide bonds. The molecule has 5 nitrogen and oxygen atoms in total. The lowest BCUT2D eigenvalue weighted by Gasteiger charge is -2.39. The molecule has 1 aliphatic rings. The average molecular weight is 250 g/mol. The van der Waals surface area contributed by atoms with Crippen LogP contribution in [0.5, 0.6) is 0 Å². The van der Waals surface area contributed by atoms with Gasteiger partial charge in [-0.2, -0.15) is 5.10 Å². The summed E-state index contributed by atoms with van der Waals surface area (Å²) in [5.41, 5.74) is 5.73. The molecule has 3 atom stereocenters. The quantitative estimate of drug-likeness (QED) is 0.871. The highest BCUT2D eigenvalue weighted by Crippen LogP contribution is 2.23. The number of carbonyl (C=O) groups is 1. The van der Waals surface area contributed by atoms with Gasteiger partial charge in [0.15, 0.2) is 0 Å². The number of nitrogens with zero attached hydrogens (tertiary/aromatic N) is 3. The molecule has 0 saturated carbocycles. The van der Waals surface area contributed by atoms with Crippen molar-refractivity contribution in [1.82, 2.24) is 14.7 Å². The van der Waals surface area contributed by atoms with E-state index in [-0.39, 0.29) is 11.9 Å². The Bertz CT molecular complexity index is 390. The second kappa shape index (κ2) is 5.52. The van der Waals surface area contributed by atoms with E-state index in [2.05, 4.69) is 12.0 Å². The van der Waals surface area contributed by atoms with Crippen LogP contribution in [-0.2, 0) is 4.79 Å². The van der Waals surface area contributed by atoms with Gasteiger partial charge in [0.2, 0.25) is 5.91 Å². The van der Waals surface area contributed by atoms with Gasteiger partial charge in [0.05, 0.1) is 0 Å². The van der Waals surface area contributed by atoms with E-state index in [0.29, 0.717) is 18.5 Å². The third-order valence-corrected chi connectivity index (χ3v) is 3.88. The first kappa shape index (κ1) is 13.1. The third kappa shape index (κ3) is 2.56. The van der Waals surface area contributed by atoms with E-state index in [1.54, 1.807) is 10.9 Å². The highest BCUT2D eigenvalue weighted by atomic mass is 16.2. The molecular formula is C13H22N4O. The van der Waals surface area contributed by atoms with E-state index in [4.69, 9.17) is 5.73 Å². The van der Waals surface area contributed by atoms with Gasteiger partial charge in [-0.25, -0.2) is 0 Å². The Morgan fingerprint density at radius 2 is 2.33 bits per heavy atom. The van der Waals surface area contributed by atoms with Crippen molar-refractivity contribution in [2.75, 3.05) is 13.1 Å². The molecule has 0 bridgehead atoms. The second-order valence-electron chi connectivity index (χ2n) is 5.18. The standard InChI is InChI=1S/C13H22N4O/c1-10-4-5-12(8-14)9-16(10)13(18)11(2)17-7-3-6-15-17/h3,6-7,10-12H,4-5,8-9,14H2,1-2H3. The molecule has 3 unspecified atom stereocenters. The molecule has 18 heavy (non-hydrogen) atoms. The van der Waals surface area contributed by atoms with E-state index in [1.807, 2.05) is 24.1 Å². The summed E-state index contributed by atoms with van der Waals surface area (Å²) in [5.74, 6) is 0.583. The third-order valence-electron chi connectivity index (χ3n) is 3.88. The van der Waals surface area contributed by atoms with Gasteiger partial charge in [-0.1, -0.05) is 0 Å². The largest absolute Gasteiger partial charge is 0.338 e. The summed E-state index contributed by atoms with van der Waals surface area (Å²) >= 11 is 0. The molecule has 0 aliphatic carbocycles. The first-order chi connectivity index (χ1) is 8.63. The Hall–Kier alpha value is -1.36. The molecule has 2 rings (SSSR count). The van der Waals surface area contributed by atoms with Crippen LogP contribution in [0.1, 0.15) is 32.7 Å². The fourth-order valence-electron chi connectivity index (χ4n) is 2.54. The van der Waals surface area contributed by atoms with Crippen molar-refractivity contribution in [1.29, 1.82) is 0 Å². The predicted octanol–water partition coefficient (Wildman–Crippen LogP) is 1.03. The number of amides is 1. The number of rotatable bonds is 3. The molecular weight excluding hydrogens is 228 g/mol. The summed E-state index contributed by atoms with van der Waals surface area (Å²) in [6, 6.07) is 1.91. The molecule has 1 saturated heterocycles. The van der Waals surface area contributed by atoms with E-state index in [9.17, 15) is 4.79 Å². The van der Waals surface area contributed by atoms with Gasteiger partial charge in [0.1, 0.15) is 6.04 Å². The number of hydrogen-bond acceptors (Lipinski definition) is 3. The summed E-state index contributed by atoms with van der Waals surface area (Å²) in [5, 5.41) is 4.14. The Balaban J connectivity index is 2.07. The normalized spacial score (nSPS) is 26.1. The second-order valence-corrected chi connectivity index (χ2v) is 5.18. The van der Waals surface area contributed by atoms with Gasteiger partial charge in [0, 0.05) is 25.0 Å². The Kier molecular flexibility index (Phi) is 4.01. The van der Waals surface area contributed by atoms with Crippen molar-refractivity contribution < 1.29 is 4.79 Å². The van der Waals surface area contributed by atoms with Crippen molar-refractivity contribution in [2.45, 2.75) is 38.8 Å². The topological polar surface area (TPSA) is 64.2 Å². The molecule has 1 aromatic heterocycles. The monoisotopic (exact) mass is 250 g/mol. The lowest BCUT2D eigenvalue weighted by molar-refractivity contribution is -0.139. The van der Waals surface area contributed by atoms with Crippen LogP contribution < -0.4 is 5.73 Å². The summed E-state index contributed by atoms with van der Waals surface area (Å²) in [6.07, 6.45) is 5.70. The Morgan fingerprint density at radius 1 is 1.56 bits per heavy atom. The van der Waals surface area contributed by atoms with Gasteiger partial charge in [-0.15, -0.1) is 0 Å². The van der Waals surface area contributed by atoms with Crippen molar-refractivity contribution in [2.24, 2.45) is 11.7 Å². The Morgan fingerprint density at radius 3 is 2.94 bits per heavy atom. The maximum atomic E-state index is 12.5. The lowest BCUT2D eigenvalue weighted by Crippen LogP contribution is -2.49. The maximum absolute atomic E-state index is 12.5. The van der Waals surface area contributed by atoms with Crippen LogP contribution in [0.2, 0.25) is 0 Å². The first-order valence-corrected chi connectivity index (χ1v) is 6.63. The van der Waals surface area contributed by atoms with E-state index in [1.165, 1.54) is 0 Å². The molecule has 0 radical (unpaired) electrons. The van der Waals surface area contributed by atoms with Crippen LogP contribution in [0.25, 0.3) is 0 Å². The minimum atomic E-state index is -0.237. The average Bonchev–Trinajstić information content (AvgIpc) is 2.91. The summed E-state index contributed by atoms with van der Waals surface area (Å²) in [6.45, 7) is 5.45. The highest BCUT2D eigenvalue weighted by molar-refractivity contribution is 5.80. The predicted molar refractivity (Wildman–Crippen MR) is 69.9 cm³/mol. The molecule has 0 aromatic carbocycles. The first-order valence-electron chi connectivity index (χ1n) is 6.63. The molecule has 1 aromatic rings. The van der Waals surface area contributed by atoms with Gasteiger partial charge < -0.3 is 10.6 Å². The highest BCUT2D eigenvalue weighted by Gasteiger charge is 2.31. The molecule has 5 heteroatoms. The maximum Gasteiger partial charge on any atom is 0.247 e. The van der Waals surface area contributed by atoms with E-state index < -0.39 is 0 Å². The fourth-order valence-corrected chi connectivity index (χ4v) is 2.54. The van der Waals surface area contributed by atoms with Crippen LogP contribution in [-0.4, -0.2) is 39.7 Å². The number of likely N-dealkylation sites (tertiary alicyclic amines) is 1. The van der Waals surface area contributed by atoms with Gasteiger partial charge >= 0.3 is 0 Å². The molecule has 100 valence electrons. The van der Waals surface area contributed by atoms with Crippen LogP contribution in [0.4, 0.5) is 0 Å². The zero-order chi connectivity index (χ0) is 13.1. The Labute approximate surface area is 108 Å². The number of carbonyl (C=O) groups excluding carboxylic acids is 1. The molecule has 1 aliphatic heterocycles. The van der Waals surface area contributed by atoms with Crippen molar-refractivity contribution >= 4 is 5.91 Å². The van der Waals surface area contributed by atoms with Crippen LogP contribution in [0, 0.1) is 5.92 Å². The van der Waals surface area contributed by atoms with Gasteiger partial charge in [-0.05, 0) is 45.2 Å². The minimum Gasteiger partial charge on any atom is -0.338 e. The van der Waals surface area contributed by atoms with E-state index in [0.717, 1.165) is 19.4 Å². The van der Waals surface area contributed by atoms with E-state index >= 15 is 0 Å². The smallest absolute Gasteiger partial charge is 0.247 e. The fraction of sp³-hybridized carbons (Fsp3) is 0.692.